The highest BCUT2D eigenvalue weighted by Gasteiger charge is 2.35. The van der Waals surface area contributed by atoms with Crippen molar-refractivity contribution in [1.82, 2.24) is 19.0 Å². The van der Waals surface area contributed by atoms with Crippen molar-refractivity contribution in [2.24, 2.45) is 13.0 Å². The first-order valence-corrected chi connectivity index (χ1v) is 10.6. The van der Waals surface area contributed by atoms with Crippen molar-refractivity contribution in [3.63, 3.8) is 0 Å². The summed E-state index contributed by atoms with van der Waals surface area (Å²) in [6, 6.07) is 12.6. The summed E-state index contributed by atoms with van der Waals surface area (Å²) in [6.07, 6.45) is 6.53. The number of likely N-dealkylation sites (tertiary alicyclic amines) is 1. The number of piperidine rings is 1. The van der Waals surface area contributed by atoms with E-state index in [-0.39, 0.29) is 5.56 Å². The fourth-order valence-corrected chi connectivity index (χ4v) is 5.34. The van der Waals surface area contributed by atoms with E-state index in [1.165, 1.54) is 17.7 Å². The van der Waals surface area contributed by atoms with E-state index in [2.05, 4.69) is 34.1 Å². The fraction of sp³-hybridized carbons (Fsp3) is 0.333. The molecule has 6 heteroatoms. The molecule has 0 aliphatic carbocycles. The quantitative estimate of drug-likeness (QED) is 0.527. The summed E-state index contributed by atoms with van der Waals surface area (Å²) in [6.45, 7) is 3.74. The predicted molar refractivity (Wildman–Crippen MR) is 115 cm³/mol. The van der Waals surface area contributed by atoms with Gasteiger partial charge in [0.1, 0.15) is 11.4 Å². The van der Waals surface area contributed by atoms with Crippen LogP contribution in [0.1, 0.15) is 23.6 Å². The van der Waals surface area contributed by atoms with Crippen LogP contribution >= 0.6 is 0 Å². The number of aromatic nitrogens is 3. The second-order valence-corrected chi connectivity index (χ2v) is 8.73. The normalized spacial score (nSPS) is 21.1. The molecular weight excluding hydrogens is 376 g/mol. The van der Waals surface area contributed by atoms with E-state index < -0.39 is 0 Å². The SMILES string of the molecule is Cn1ccnc1-c1ccc2n(c1=O)C[C@H]1C[C@@H]2CN(Cc2ccc3occc3c2)C1. The van der Waals surface area contributed by atoms with Crippen LogP contribution in [0.3, 0.4) is 0 Å². The first kappa shape index (κ1) is 17.7. The number of pyridine rings is 1. The molecule has 0 amide bonds. The lowest BCUT2D eigenvalue weighted by atomic mass is 9.82. The third-order valence-electron chi connectivity index (χ3n) is 6.66. The van der Waals surface area contributed by atoms with Gasteiger partial charge in [0.25, 0.3) is 5.56 Å². The zero-order valence-electron chi connectivity index (χ0n) is 17.0. The Morgan fingerprint density at radius 1 is 1.13 bits per heavy atom. The van der Waals surface area contributed by atoms with Gasteiger partial charge in [0.15, 0.2) is 0 Å². The number of furan rings is 1. The van der Waals surface area contributed by atoms with Crippen LogP contribution in [0.15, 0.2) is 64.3 Å². The number of benzene rings is 1. The summed E-state index contributed by atoms with van der Waals surface area (Å²) in [5.41, 5.74) is 4.20. The minimum absolute atomic E-state index is 0.0929. The number of aryl methyl sites for hydroxylation is 1. The van der Waals surface area contributed by atoms with Gasteiger partial charge in [-0.2, -0.15) is 0 Å². The van der Waals surface area contributed by atoms with Crippen molar-refractivity contribution in [3.05, 3.63) is 76.7 Å². The second-order valence-electron chi connectivity index (χ2n) is 8.73. The van der Waals surface area contributed by atoms with Crippen LogP contribution in [0.4, 0.5) is 0 Å². The molecule has 1 aromatic carbocycles. The summed E-state index contributed by atoms with van der Waals surface area (Å²) in [5.74, 6) is 1.64. The van der Waals surface area contributed by atoms with Crippen LogP contribution in [0.2, 0.25) is 0 Å². The third-order valence-corrected chi connectivity index (χ3v) is 6.66. The molecule has 152 valence electrons. The molecule has 6 rings (SSSR count). The zero-order valence-corrected chi connectivity index (χ0v) is 17.0. The number of hydrogen-bond acceptors (Lipinski definition) is 4. The summed E-state index contributed by atoms with van der Waals surface area (Å²) in [7, 11) is 1.93. The molecule has 2 atom stereocenters. The highest BCUT2D eigenvalue weighted by Crippen LogP contribution is 2.36. The van der Waals surface area contributed by atoms with Gasteiger partial charge < -0.3 is 13.6 Å². The molecule has 1 fully saturated rings. The third kappa shape index (κ3) is 2.82. The van der Waals surface area contributed by atoms with Crippen LogP contribution in [0.5, 0.6) is 0 Å². The summed E-state index contributed by atoms with van der Waals surface area (Å²) >= 11 is 0. The molecular formula is C24H24N4O2. The molecule has 2 bridgehead atoms. The lowest BCUT2D eigenvalue weighted by Gasteiger charge is -2.43. The molecule has 3 aromatic heterocycles. The van der Waals surface area contributed by atoms with Crippen LogP contribution in [-0.4, -0.2) is 32.1 Å². The highest BCUT2D eigenvalue weighted by atomic mass is 16.3. The lowest BCUT2D eigenvalue weighted by Crippen LogP contribution is -2.47. The van der Waals surface area contributed by atoms with E-state index in [1.54, 1.807) is 12.5 Å². The Bertz CT molecular complexity index is 1300. The van der Waals surface area contributed by atoms with E-state index in [0.717, 1.165) is 43.0 Å². The second kappa shape index (κ2) is 6.71. The van der Waals surface area contributed by atoms with E-state index in [4.69, 9.17) is 4.42 Å². The molecule has 4 aromatic rings. The van der Waals surface area contributed by atoms with Gasteiger partial charge >= 0.3 is 0 Å². The van der Waals surface area contributed by atoms with Crippen molar-refractivity contribution in [2.45, 2.75) is 25.4 Å². The molecule has 0 N–H and O–H groups in total. The predicted octanol–water partition coefficient (Wildman–Crippen LogP) is 3.61. The molecule has 0 saturated carbocycles. The number of hydrogen-bond donors (Lipinski definition) is 0. The molecule has 30 heavy (non-hydrogen) atoms. The van der Waals surface area contributed by atoms with Crippen molar-refractivity contribution < 1.29 is 4.42 Å². The Hall–Kier alpha value is -3.12. The zero-order chi connectivity index (χ0) is 20.2. The molecule has 2 aliphatic rings. The van der Waals surface area contributed by atoms with E-state index >= 15 is 0 Å². The summed E-state index contributed by atoms with van der Waals surface area (Å²) in [5, 5.41) is 1.16. The highest BCUT2D eigenvalue weighted by molar-refractivity contribution is 5.77. The van der Waals surface area contributed by atoms with Crippen molar-refractivity contribution in [1.29, 1.82) is 0 Å². The Balaban J connectivity index is 1.29. The maximum absolute atomic E-state index is 13.3. The van der Waals surface area contributed by atoms with Gasteiger partial charge in [-0.1, -0.05) is 6.07 Å². The van der Waals surface area contributed by atoms with Gasteiger partial charge in [-0.25, -0.2) is 4.98 Å². The van der Waals surface area contributed by atoms with Crippen LogP contribution < -0.4 is 5.56 Å². The van der Waals surface area contributed by atoms with Gasteiger partial charge in [-0.05, 0) is 48.2 Å². The van der Waals surface area contributed by atoms with Crippen molar-refractivity contribution in [3.8, 4) is 11.4 Å². The fourth-order valence-electron chi connectivity index (χ4n) is 5.34. The smallest absolute Gasteiger partial charge is 0.261 e. The summed E-state index contributed by atoms with van der Waals surface area (Å²) in [4.78, 5) is 20.2. The van der Waals surface area contributed by atoms with Gasteiger partial charge in [0.2, 0.25) is 0 Å². The van der Waals surface area contributed by atoms with Gasteiger partial charge in [-0.3, -0.25) is 9.69 Å². The first-order chi connectivity index (χ1) is 14.7. The maximum atomic E-state index is 13.3. The number of nitrogens with zero attached hydrogens (tertiary/aromatic N) is 4. The molecule has 0 radical (unpaired) electrons. The van der Waals surface area contributed by atoms with Gasteiger partial charge in [-0.15, -0.1) is 0 Å². The van der Waals surface area contributed by atoms with E-state index in [0.29, 0.717) is 17.4 Å². The lowest BCUT2D eigenvalue weighted by molar-refractivity contribution is 0.114. The van der Waals surface area contributed by atoms with Crippen LogP contribution in [0.25, 0.3) is 22.4 Å². The minimum Gasteiger partial charge on any atom is -0.464 e. The monoisotopic (exact) mass is 400 g/mol. The Kier molecular flexibility index (Phi) is 3.96. The Labute approximate surface area is 174 Å². The Morgan fingerprint density at radius 2 is 2.07 bits per heavy atom. The summed E-state index contributed by atoms with van der Waals surface area (Å²) < 4.78 is 9.39. The molecule has 0 unspecified atom stereocenters. The van der Waals surface area contributed by atoms with E-state index in [9.17, 15) is 4.79 Å². The average Bonchev–Trinajstić information content (AvgIpc) is 3.37. The van der Waals surface area contributed by atoms with Crippen LogP contribution in [0, 0.1) is 5.92 Å². The molecule has 1 saturated heterocycles. The van der Waals surface area contributed by atoms with Crippen molar-refractivity contribution >= 4 is 11.0 Å². The van der Waals surface area contributed by atoms with Gasteiger partial charge in [0.05, 0.1) is 11.8 Å². The van der Waals surface area contributed by atoms with E-state index in [1.807, 2.05) is 34.5 Å². The topological polar surface area (TPSA) is 56.2 Å². The number of rotatable bonds is 3. The number of fused-ring (bicyclic) bond motifs is 5. The van der Waals surface area contributed by atoms with Crippen LogP contribution in [-0.2, 0) is 20.1 Å². The molecule has 6 nitrogen and oxygen atoms in total. The number of imidazole rings is 1. The molecule has 0 spiro atoms. The maximum Gasteiger partial charge on any atom is 0.261 e. The first-order valence-electron chi connectivity index (χ1n) is 10.6. The average molecular weight is 400 g/mol. The standard InChI is InChI=1S/C24H24N4O2/c1-26-8-7-25-23(26)20-3-4-21-19-11-17(14-28(21)24(20)29)13-27(15-19)12-16-2-5-22-18(10-16)6-9-30-22/h2-10,17,19H,11-15H2,1H3/t17-,19+/m0/s1. The largest absolute Gasteiger partial charge is 0.464 e. The molecule has 2 aliphatic heterocycles. The minimum atomic E-state index is 0.0929. The Morgan fingerprint density at radius 3 is 2.93 bits per heavy atom. The van der Waals surface area contributed by atoms with Gasteiger partial charge in [0, 0.05) is 62.6 Å². The van der Waals surface area contributed by atoms with Crippen molar-refractivity contribution in [2.75, 3.05) is 13.1 Å². The molecule has 5 heterocycles.